The molecule has 27 heavy (non-hydrogen) atoms. The highest BCUT2D eigenvalue weighted by Gasteiger charge is 2.40. The minimum absolute atomic E-state index is 0.111. The number of amides is 1. The predicted octanol–water partition coefficient (Wildman–Crippen LogP) is 4.04. The van der Waals surface area contributed by atoms with E-state index >= 15 is 0 Å². The second-order valence-corrected chi connectivity index (χ2v) is 8.13. The molecule has 0 spiro atoms. The van der Waals surface area contributed by atoms with Crippen LogP contribution in [-0.2, 0) is 0 Å². The van der Waals surface area contributed by atoms with Crippen molar-refractivity contribution in [3.05, 3.63) is 53.6 Å². The lowest BCUT2D eigenvalue weighted by Crippen LogP contribution is -2.42. The fraction of sp³-hybridized carbons (Fsp3) is 0.333. The number of hydrogen-bond acceptors (Lipinski definition) is 5. The quantitative estimate of drug-likeness (QED) is 0.746. The van der Waals surface area contributed by atoms with Gasteiger partial charge in [0.05, 0.1) is 12.0 Å². The summed E-state index contributed by atoms with van der Waals surface area (Å²) in [4.78, 5) is 21.3. The summed E-state index contributed by atoms with van der Waals surface area (Å²) in [5, 5.41) is 4.22. The summed E-state index contributed by atoms with van der Waals surface area (Å²) in [5.74, 6) is 0.817. The number of carbonyl (C=O) groups excluding carboxylic acids is 1. The first kappa shape index (κ1) is 16.7. The number of aromatic nitrogens is 1. The number of fused-ring (bicyclic) bond motifs is 2. The Balaban J connectivity index is 1.59. The Morgan fingerprint density at radius 3 is 2.78 bits per heavy atom. The van der Waals surface area contributed by atoms with Crippen molar-refractivity contribution in [2.75, 3.05) is 13.1 Å². The van der Waals surface area contributed by atoms with E-state index in [4.69, 9.17) is 9.40 Å². The number of nitrogens with zero attached hydrogens (tertiary/aromatic N) is 2. The van der Waals surface area contributed by atoms with Crippen LogP contribution in [0.1, 0.15) is 28.9 Å². The molecule has 2 fully saturated rings. The SMILES string of the molecule is O=C(c1sc(-c2ccco2)nc1-c1ccccc1)N1C2CCNCC1CC2. The summed E-state index contributed by atoms with van der Waals surface area (Å²) in [5.41, 5.74) is 1.73. The summed E-state index contributed by atoms with van der Waals surface area (Å²) >= 11 is 1.44. The van der Waals surface area contributed by atoms with Gasteiger partial charge in [-0.1, -0.05) is 30.3 Å². The molecule has 5 rings (SSSR count). The van der Waals surface area contributed by atoms with Crippen molar-refractivity contribution in [1.29, 1.82) is 0 Å². The molecule has 0 saturated carbocycles. The molecule has 2 atom stereocenters. The van der Waals surface area contributed by atoms with E-state index in [1.165, 1.54) is 11.3 Å². The molecule has 1 aromatic carbocycles. The number of benzene rings is 1. The van der Waals surface area contributed by atoms with Crippen LogP contribution in [0.4, 0.5) is 0 Å². The zero-order chi connectivity index (χ0) is 18.2. The van der Waals surface area contributed by atoms with Crippen molar-refractivity contribution in [2.24, 2.45) is 0 Å². The zero-order valence-electron chi connectivity index (χ0n) is 14.9. The van der Waals surface area contributed by atoms with Gasteiger partial charge in [-0.3, -0.25) is 4.79 Å². The van der Waals surface area contributed by atoms with Gasteiger partial charge in [0.1, 0.15) is 4.88 Å². The number of rotatable bonds is 3. The topological polar surface area (TPSA) is 58.4 Å². The Bertz CT molecular complexity index is 922. The van der Waals surface area contributed by atoms with Crippen LogP contribution in [-0.4, -0.2) is 41.0 Å². The van der Waals surface area contributed by atoms with Crippen LogP contribution in [0.3, 0.4) is 0 Å². The Morgan fingerprint density at radius 2 is 1.96 bits per heavy atom. The summed E-state index contributed by atoms with van der Waals surface area (Å²) in [6, 6.07) is 14.3. The number of thiazole rings is 1. The Kier molecular flexibility index (Phi) is 4.30. The molecular formula is C21H21N3O2S. The minimum atomic E-state index is 0.111. The van der Waals surface area contributed by atoms with Crippen molar-refractivity contribution in [3.8, 4) is 22.0 Å². The second kappa shape index (κ2) is 6.94. The van der Waals surface area contributed by atoms with E-state index in [9.17, 15) is 4.79 Å². The number of furan rings is 1. The Morgan fingerprint density at radius 1 is 1.11 bits per heavy atom. The Hall–Kier alpha value is -2.44. The first-order chi connectivity index (χ1) is 13.3. The van der Waals surface area contributed by atoms with E-state index in [-0.39, 0.29) is 11.9 Å². The predicted molar refractivity (Wildman–Crippen MR) is 106 cm³/mol. The van der Waals surface area contributed by atoms with E-state index in [0.29, 0.717) is 16.7 Å². The highest BCUT2D eigenvalue weighted by molar-refractivity contribution is 7.17. The number of nitrogens with one attached hydrogen (secondary N) is 1. The van der Waals surface area contributed by atoms with Crippen LogP contribution in [0.5, 0.6) is 0 Å². The smallest absolute Gasteiger partial charge is 0.266 e. The van der Waals surface area contributed by atoms with Crippen molar-refractivity contribution in [1.82, 2.24) is 15.2 Å². The first-order valence-electron chi connectivity index (χ1n) is 9.45. The van der Waals surface area contributed by atoms with Crippen molar-refractivity contribution in [2.45, 2.75) is 31.3 Å². The largest absolute Gasteiger partial charge is 0.462 e. The molecule has 0 aliphatic carbocycles. The summed E-state index contributed by atoms with van der Waals surface area (Å²) < 4.78 is 5.54. The lowest BCUT2D eigenvalue weighted by Gasteiger charge is -2.27. The summed E-state index contributed by atoms with van der Waals surface area (Å²) in [6.45, 7) is 1.86. The molecule has 2 bridgehead atoms. The lowest BCUT2D eigenvalue weighted by atomic mass is 10.1. The third kappa shape index (κ3) is 2.99. The molecular weight excluding hydrogens is 358 g/mol. The van der Waals surface area contributed by atoms with Crippen LogP contribution < -0.4 is 5.32 Å². The Labute approximate surface area is 162 Å². The molecule has 2 aromatic heterocycles. The van der Waals surface area contributed by atoms with E-state index < -0.39 is 0 Å². The van der Waals surface area contributed by atoms with E-state index in [2.05, 4.69) is 10.2 Å². The first-order valence-corrected chi connectivity index (χ1v) is 10.3. The van der Waals surface area contributed by atoms with E-state index in [0.717, 1.165) is 48.6 Å². The van der Waals surface area contributed by atoms with Gasteiger partial charge in [-0.05, 0) is 37.9 Å². The number of carbonyl (C=O) groups is 1. The van der Waals surface area contributed by atoms with E-state index in [1.54, 1.807) is 6.26 Å². The molecule has 2 aliphatic heterocycles. The van der Waals surface area contributed by atoms with Gasteiger partial charge < -0.3 is 14.6 Å². The maximum atomic E-state index is 13.6. The third-order valence-electron chi connectivity index (χ3n) is 5.49. The van der Waals surface area contributed by atoms with Crippen LogP contribution in [0, 0.1) is 0 Å². The van der Waals surface area contributed by atoms with Gasteiger partial charge in [0.25, 0.3) is 5.91 Å². The molecule has 2 unspecified atom stereocenters. The average Bonchev–Trinajstić information content (AvgIpc) is 3.39. The average molecular weight is 379 g/mol. The molecule has 0 radical (unpaired) electrons. The fourth-order valence-electron chi connectivity index (χ4n) is 4.19. The molecule has 5 nitrogen and oxygen atoms in total. The highest BCUT2D eigenvalue weighted by Crippen LogP contribution is 2.38. The maximum absolute atomic E-state index is 13.6. The maximum Gasteiger partial charge on any atom is 0.266 e. The number of hydrogen-bond donors (Lipinski definition) is 1. The zero-order valence-corrected chi connectivity index (χ0v) is 15.7. The van der Waals surface area contributed by atoms with Crippen molar-refractivity contribution >= 4 is 17.2 Å². The monoisotopic (exact) mass is 379 g/mol. The van der Waals surface area contributed by atoms with Gasteiger partial charge in [-0.15, -0.1) is 11.3 Å². The molecule has 1 N–H and O–H groups in total. The van der Waals surface area contributed by atoms with Gasteiger partial charge >= 0.3 is 0 Å². The van der Waals surface area contributed by atoms with Crippen LogP contribution in [0.25, 0.3) is 22.0 Å². The molecule has 4 heterocycles. The summed E-state index contributed by atoms with van der Waals surface area (Å²) in [6.07, 6.45) is 4.84. The van der Waals surface area contributed by atoms with Gasteiger partial charge in [0, 0.05) is 24.2 Å². The molecule has 1 amide bonds. The molecule has 6 heteroatoms. The standard InChI is InChI=1S/C21H21N3O2S/c25-21(24-15-8-9-16(24)13-22-11-10-15)19-18(14-5-2-1-3-6-14)23-20(27-19)17-7-4-12-26-17/h1-7,12,15-16,22H,8-11,13H2. The van der Waals surface area contributed by atoms with Gasteiger partial charge in [-0.2, -0.15) is 0 Å². The van der Waals surface area contributed by atoms with Crippen LogP contribution in [0.2, 0.25) is 0 Å². The molecule has 138 valence electrons. The van der Waals surface area contributed by atoms with E-state index in [1.807, 2.05) is 42.5 Å². The van der Waals surface area contributed by atoms with Gasteiger partial charge in [-0.25, -0.2) is 4.98 Å². The fourth-order valence-corrected chi connectivity index (χ4v) is 5.19. The molecule has 3 aromatic rings. The summed E-state index contributed by atoms with van der Waals surface area (Å²) in [7, 11) is 0. The highest BCUT2D eigenvalue weighted by atomic mass is 32.1. The third-order valence-corrected chi connectivity index (χ3v) is 6.55. The van der Waals surface area contributed by atoms with Gasteiger partial charge in [0.15, 0.2) is 10.8 Å². The van der Waals surface area contributed by atoms with Crippen LogP contribution >= 0.6 is 11.3 Å². The minimum Gasteiger partial charge on any atom is -0.462 e. The molecule has 2 aliphatic rings. The van der Waals surface area contributed by atoms with Gasteiger partial charge in [0.2, 0.25) is 0 Å². The normalized spacial score (nSPS) is 22.0. The van der Waals surface area contributed by atoms with Crippen molar-refractivity contribution < 1.29 is 9.21 Å². The van der Waals surface area contributed by atoms with Crippen LogP contribution in [0.15, 0.2) is 53.1 Å². The lowest BCUT2D eigenvalue weighted by molar-refractivity contribution is 0.0686. The molecule has 2 saturated heterocycles. The van der Waals surface area contributed by atoms with Crippen molar-refractivity contribution in [3.63, 3.8) is 0 Å². The second-order valence-electron chi connectivity index (χ2n) is 7.13.